The SMILES string of the molecule is CNC(=O)c1cccc(CN2CCCC(CO)C2)c1. The third-order valence-electron chi connectivity index (χ3n) is 3.68. The molecule has 1 fully saturated rings. The average molecular weight is 262 g/mol. The lowest BCUT2D eigenvalue weighted by Gasteiger charge is -2.31. The van der Waals surface area contributed by atoms with Crippen molar-refractivity contribution in [2.75, 3.05) is 26.7 Å². The van der Waals surface area contributed by atoms with E-state index in [1.807, 2.05) is 18.2 Å². The fraction of sp³-hybridized carbons (Fsp3) is 0.533. The first-order chi connectivity index (χ1) is 9.22. The fourth-order valence-corrected chi connectivity index (χ4v) is 2.66. The number of hydrogen-bond donors (Lipinski definition) is 2. The van der Waals surface area contributed by atoms with Crippen LogP contribution in [-0.2, 0) is 6.54 Å². The lowest BCUT2D eigenvalue weighted by molar-refractivity contribution is 0.0962. The molecule has 2 N–H and O–H groups in total. The molecule has 0 aliphatic carbocycles. The van der Waals surface area contributed by atoms with Crippen LogP contribution in [0.3, 0.4) is 0 Å². The van der Waals surface area contributed by atoms with Crippen molar-refractivity contribution in [2.45, 2.75) is 19.4 Å². The maximum absolute atomic E-state index is 11.6. The number of hydrogen-bond acceptors (Lipinski definition) is 3. The fourth-order valence-electron chi connectivity index (χ4n) is 2.66. The van der Waals surface area contributed by atoms with Crippen molar-refractivity contribution >= 4 is 5.91 Å². The van der Waals surface area contributed by atoms with Crippen LogP contribution in [0.5, 0.6) is 0 Å². The Morgan fingerprint density at radius 2 is 2.37 bits per heavy atom. The first-order valence-corrected chi connectivity index (χ1v) is 6.87. The molecule has 1 aliphatic heterocycles. The van der Waals surface area contributed by atoms with E-state index in [0.717, 1.165) is 38.0 Å². The maximum atomic E-state index is 11.6. The molecule has 1 aromatic rings. The van der Waals surface area contributed by atoms with Crippen LogP contribution in [-0.4, -0.2) is 42.7 Å². The minimum atomic E-state index is -0.0475. The number of aliphatic hydroxyl groups excluding tert-OH is 1. The molecule has 4 nitrogen and oxygen atoms in total. The van der Waals surface area contributed by atoms with Gasteiger partial charge in [0.15, 0.2) is 0 Å². The van der Waals surface area contributed by atoms with E-state index >= 15 is 0 Å². The molecule has 0 aromatic heterocycles. The second-order valence-electron chi connectivity index (χ2n) is 5.21. The van der Waals surface area contributed by atoms with Gasteiger partial charge in [0.25, 0.3) is 5.91 Å². The van der Waals surface area contributed by atoms with Crippen molar-refractivity contribution in [2.24, 2.45) is 5.92 Å². The maximum Gasteiger partial charge on any atom is 0.251 e. The predicted octanol–water partition coefficient (Wildman–Crippen LogP) is 1.25. The summed E-state index contributed by atoms with van der Waals surface area (Å²) in [4.78, 5) is 14.0. The second-order valence-corrected chi connectivity index (χ2v) is 5.21. The number of rotatable bonds is 4. The molecule has 1 atom stereocenters. The van der Waals surface area contributed by atoms with Crippen LogP contribution in [0.1, 0.15) is 28.8 Å². The van der Waals surface area contributed by atoms with Gasteiger partial charge >= 0.3 is 0 Å². The number of amides is 1. The number of carbonyl (C=O) groups is 1. The van der Waals surface area contributed by atoms with Crippen LogP contribution in [0.25, 0.3) is 0 Å². The molecule has 19 heavy (non-hydrogen) atoms. The van der Waals surface area contributed by atoms with Gasteiger partial charge in [-0.25, -0.2) is 0 Å². The molecule has 2 rings (SSSR count). The molecule has 1 unspecified atom stereocenters. The normalized spacial score (nSPS) is 20.2. The summed E-state index contributed by atoms with van der Waals surface area (Å²) in [7, 11) is 1.64. The van der Waals surface area contributed by atoms with Crippen LogP contribution >= 0.6 is 0 Å². The molecule has 4 heteroatoms. The van der Waals surface area contributed by atoms with Gasteiger partial charge in [-0.2, -0.15) is 0 Å². The van der Waals surface area contributed by atoms with E-state index in [4.69, 9.17) is 0 Å². The third-order valence-corrected chi connectivity index (χ3v) is 3.68. The van der Waals surface area contributed by atoms with Gasteiger partial charge in [-0.3, -0.25) is 9.69 Å². The first-order valence-electron chi connectivity index (χ1n) is 6.87. The average Bonchev–Trinajstić information content (AvgIpc) is 2.47. The summed E-state index contributed by atoms with van der Waals surface area (Å²) in [6.07, 6.45) is 2.26. The Morgan fingerprint density at radius 1 is 1.53 bits per heavy atom. The Hall–Kier alpha value is -1.39. The summed E-state index contributed by atoms with van der Waals surface area (Å²) in [5.41, 5.74) is 1.86. The van der Waals surface area contributed by atoms with E-state index in [9.17, 15) is 9.90 Å². The van der Waals surface area contributed by atoms with E-state index in [1.165, 1.54) is 0 Å². The third kappa shape index (κ3) is 3.78. The molecule has 0 saturated carbocycles. The largest absolute Gasteiger partial charge is 0.396 e. The standard InChI is InChI=1S/C15H22N2O2/c1-16-15(19)14-6-2-4-12(8-14)9-17-7-3-5-13(10-17)11-18/h2,4,6,8,13,18H,3,5,7,9-11H2,1H3,(H,16,19). The van der Waals surface area contributed by atoms with Gasteiger partial charge in [-0.15, -0.1) is 0 Å². The highest BCUT2D eigenvalue weighted by atomic mass is 16.3. The second kappa shape index (κ2) is 6.68. The molecular weight excluding hydrogens is 240 g/mol. The van der Waals surface area contributed by atoms with Crippen LogP contribution in [0.15, 0.2) is 24.3 Å². The monoisotopic (exact) mass is 262 g/mol. The summed E-state index contributed by atoms with van der Waals surface area (Å²) < 4.78 is 0. The lowest BCUT2D eigenvalue weighted by atomic mass is 9.98. The Bertz CT molecular complexity index is 434. The zero-order valence-corrected chi connectivity index (χ0v) is 11.4. The molecule has 1 amide bonds. The van der Waals surface area contributed by atoms with Crippen LogP contribution in [0.2, 0.25) is 0 Å². The Labute approximate surface area is 114 Å². The number of nitrogens with zero attached hydrogens (tertiary/aromatic N) is 1. The summed E-state index contributed by atoms with van der Waals surface area (Å²) >= 11 is 0. The molecule has 1 aromatic carbocycles. The number of benzene rings is 1. The molecule has 1 saturated heterocycles. The highest BCUT2D eigenvalue weighted by Crippen LogP contribution is 2.18. The van der Waals surface area contributed by atoms with E-state index in [-0.39, 0.29) is 12.5 Å². The minimum absolute atomic E-state index is 0.0475. The van der Waals surface area contributed by atoms with Gasteiger partial charge in [0.2, 0.25) is 0 Å². The zero-order chi connectivity index (χ0) is 13.7. The zero-order valence-electron chi connectivity index (χ0n) is 11.4. The van der Waals surface area contributed by atoms with Crippen molar-refractivity contribution < 1.29 is 9.90 Å². The molecule has 0 bridgehead atoms. The summed E-state index contributed by atoms with van der Waals surface area (Å²) in [5, 5.41) is 11.9. The number of likely N-dealkylation sites (tertiary alicyclic amines) is 1. The predicted molar refractivity (Wildman–Crippen MR) is 74.9 cm³/mol. The van der Waals surface area contributed by atoms with Gasteiger partial charge < -0.3 is 10.4 Å². The number of nitrogens with one attached hydrogen (secondary N) is 1. The molecule has 104 valence electrons. The Balaban J connectivity index is 2.00. The van der Waals surface area contributed by atoms with Crippen molar-refractivity contribution in [3.8, 4) is 0 Å². The van der Waals surface area contributed by atoms with Crippen molar-refractivity contribution in [3.05, 3.63) is 35.4 Å². The van der Waals surface area contributed by atoms with E-state index in [0.29, 0.717) is 11.5 Å². The molecular formula is C15H22N2O2. The molecule has 1 aliphatic rings. The van der Waals surface area contributed by atoms with E-state index < -0.39 is 0 Å². The number of piperidine rings is 1. The highest BCUT2D eigenvalue weighted by Gasteiger charge is 2.19. The van der Waals surface area contributed by atoms with Crippen molar-refractivity contribution in [3.63, 3.8) is 0 Å². The molecule has 0 spiro atoms. The molecule has 0 radical (unpaired) electrons. The Morgan fingerprint density at radius 3 is 3.11 bits per heavy atom. The topological polar surface area (TPSA) is 52.6 Å². The van der Waals surface area contributed by atoms with Crippen molar-refractivity contribution in [1.82, 2.24) is 10.2 Å². The van der Waals surface area contributed by atoms with Gasteiger partial charge in [-0.1, -0.05) is 12.1 Å². The minimum Gasteiger partial charge on any atom is -0.396 e. The van der Waals surface area contributed by atoms with E-state index in [2.05, 4.69) is 16.3 Å². The van der Waals surface area contributed by atoms with Crippen LogP contribution in [0.4, 0.5) is 0 Å². The van der Waals surface area contributed by atoms with Gasteiger partial charge in [0, 0.05) is 32.3 Å². The smallest absolute Gasteiger partial charge is 0.251 e. The van der Waals surface area contributed by atoms with Crippen LogP contribution < -0.4 is 5.32 Å². The quantitative estimate of drug-likeness (QED) is 0.858. The molecule has 1 heterocycles. The summed E-state index contributed by atoms with van der Waals surface area (Å²) in [6.45, 7) is 3.14. The summed E-state index contributed by atoms with van der Waals surface area (Å²) in [5.74, 6) is 0.351. The van der Waals surface area contributed by atoms with Crippen LogP contribution in [0, 0.1) is 5.92 Å². The van der Waals surface area contributed by atoms with Crippen molar-refractivity contribution in [1.29, 1.82) is 0 Å². The Kier molecular flexibility index (Phi) is 4.93. The number of carbonyl (C=O) groups excluding carboxylic acids is 1. The van der Waals surface area contributed by atoms with Gasteiger partial charge in [-0.05, 0) is 43.0 Å². The summed E-state index contributed by atoms with van der Waals surface area (Å²) in [6, 6.07) is 7.75. The lowest BCUT2D eigenvalue weighted by Crippen LogP contribution is -2.36. The highest BCUT2D eigenvalue weighted by molar-refractivity contribution is 5.94. The first kappa shape index (κ1) is 14.0. The van der Waals surface area contributed by atoms with E-state index in [1.54, 1.807) is 7.05 Å². The van der Waals surface area contributed by atoms with Gasteiger partial charge in [0.05, 0.1) is 0 Å². The van der Waals surface area contributed by atoms with Gasteiger partial charge in [0.1, 0.15) is 0 Å². The number of aliphatic hydroxyl groups is 1.